The van der Waals surface area contributed by atoms with Crippen molar-refractivity contribution in [1.29, 1.82) is 0 Å². The molecule has 0 radical (unpaired) electrons. The van der Waals surface area contributed by atoms with Crippen LogP contribution in [0.25, 0.3) is 22.8 Å². The highest BCUT2D eigenvalue weighted by molar-refractivity contribution is 9.10. The Morgan fingerprint density at radius 2 is 1.25 bits per heavy atom. The second kappa shape index (κ2) is 15.9. The van der Waals surface area contributed by atoms with Gasteiger partial charge in [0.1, 0.15) is 23.0 Å². The van der Waals surface area contributed by atoms with Crippen LogP contribution in [0.3, 0.4) is 0 Å². The summed E-state index contributed by atoms with van der Waals surface area (Å²) >= 11 is 24.0. The molecule has 14 heteroatoms. The van der Waals surface area contributed by atoms with Crippen LogP contribution in [0.4, 0.5) is 11.6 Å². The first-order valence-corrected chi connectivity index (χ1v) is 20.7. The molecule has 262 valence electrons. The fraction of sp³-hybridized carbons (Fsp3) is 0.243. The van der Waals surface area contributed by atoms with Gasteiger partial charge in [0.25, 0.3) is 0 Å². The van der Waals surface area contributed by atoms with Crippen LogP contribution in [0.5, 0.6) is 0 Å². The number of thioether (sulfide) groups is 2. The maximum atomic E-state index is 6.62. The van der Waals surface area contributed by atoms with Crippen LogP contribution < -0.4 is 10.6 Å². The number of anilines is 2. The van der Waals surface area contributed by atoms with Crippen molar-refractivity contribution in [3.05, 3.63) is 126 Å². The van der Waals surface area contributed by atoms with Gasteiger partial charge < -0.3 is 10.6 Å². The van der Waals surface area contributed by atoms with Crippen molar-refractivity contribution in [2.24, 2.45) is 14.1 Å². The van der Waals surface area contributed by atoms with Crippen molar-refractivity contribution >= 4 is 90.2 Å². The van der Waals surface area contributed by atoms with E-state index in [-0.39, 0.29) is 10.5 Å². The third-order valence-corrected chi connectivity index (χ3v) is 13.0. The fourth-order valence-corrected chi connectivity index (χ4v) is 10.6. The number of hydrogen-bond donors (Lipinski definition) is 2. The Bertz CT molecular complexity index is 2160. The molecule has 2 aliphatic heterocycles. The van der Waals surface area contributed by atoms with Gasteiger partial charge in [0.2, 0.25) is 0 Å². The molecule has 3 atom stereocenters. The third-order valence-electron chi connectivity index (χ3n) is 8.57. The number of aromatic nitrogens is 6. The molecule has 0 aliphatic carbocycles. The topological polar surface area (TPSA) is 85.5 Å². The number of benzene rings is 2. The van der Waals surface area contributed by atoms with Gasteiger partial charge in [-0.05, 0) is 66.6 Å². The first kappa shape index (κ1) is 36.4. The third kappa shape index (κ3) is 7.72. The number of rotatable bonds is 4. The molecule has 2 aromatic carbocycles. The molecule has 0 amide bonds. The van der Waals surface area contributed by atoms with E-state index in [4.69, 9.17) is 33.4 Å². The van der Waals surface area contributed by atoms with Crippen molar-refractivity contribution in [2.45, 2.75) is 23.5 Å². The lowest BCUT2D eigenvalue weighted by Crippen LogP contribution is -2.18. The lowest BCUT2D eigenvalue weighted by atomic mass is 10.0. The highest BCUT2D eigenvalue weighted by atomic mass is 79.9. The average Bonchev–Trinajstić information content (AvgIpc) is 3.43. The maximum Gasteiger partial charge on any atom is 0.129 e. The summed E-state index contributed by atoms with van der Waals surface area (Å²) in [7, 11) is 3.94. The summed E-state index contributed by atoms with van der Waals surface area (Å²) in [6.45, 7) is 3.08. The number of nitrogens with one attached hydrogen (secondary N) is 2. The smallest absolute Gasteiger partial charge is 0.129 e. The van der Waals surface area contributed by atoms with Crippen molar-refractivity contribution in [3.63, 3.8) is 0 Å². The van der Waals surface area contributed by atoms with Crippen LogP contribution in [-0.2, 0) is 14.1 Å². The zero-order chi connectivity index (χ0) is 35.6. The van der Waals surface area contributed by atoms with Gasteiger partial charge in [0, 0.05) is 80.7 Å². The Labute approximate surface area is 332 Å². The zero-order valence-corrected chi connectivity index (χ0v) is 34.3. The number of aryl methyl sites for hydroxylation is 2. The SMILES string of the molecule is CC1CSC(c2ccc(Br)cc2Cl)c2c(-c3ccccn3)nn(C)c2N1.Cn1nc(-c2ccccn2)c2c1NCCSC2c1ccc(Br)cc1Cl. The summed E-state index contributed by atoms with van der Waals surface area (Å²) in [5.41, 5.74) is 8.05. The average molecular weight is 886 g/mol. The second-order valence-electron chi connectivity index (χ2n) is 12.2. The molecular weight excluding hydrogens is 851 g/mol. The molecule has 51 heavy (non-hydrogen) atoms. The summed E-state index contributed by atoms with van der Waals surface area (Å²) < 4.78 is 5.79. The molecule has 3 unspecified atom stereocenters. The molecule has 0 saturated heterocycles. The van der Waals surface area contributed by atoms with E-state index < -0.39 is 0 Å². The molecule has 8 nitrogen and oxygen atoms in total. The van der Waals surface area contributed by atoms with E-state index in [0.717, 1.165) is 93.7 Å². The first-order valence-electron chi connectivity index (χ1n) is 16.3. The van der Waals surface area contributed by atoms with Gasteiger partial charge in [-0.25, -0.2) is 0 Å². The minimum atomic E-state index is 0.0914. The van der Waals surface area contributed by atoms with Crippen LogP contribution in [0.15, 0.2) is 94.1 Å². The van der Waals surface area contributed by atoms with E-state index in [1.54, 1.807) is 12.4 Å². The fourth-order valence-electron chi connectivity index (χ4n) is 6.29. The van der Waals surface area contributed by atoms with Gasteiger partial charge in [0.05, 0.1) is 21.9 Å². The van der Waals surface area contributed by atoms with Crippen LogP contribution >= 0.6 is 78.6 Å². The predicted molar refractivity (Wildman–Crippen MR) is 221 cm³/mol. The monoisotopic (exact) mass is 882 g/mol. The molecule has 6 heterocycles. The van der Waals surface area contributed by atoms with E-state index in [0.29, 0.717) is 6.04 Å². The zero-order valence-electron chi connectivity index (χ0n) is 27.9. The van der Waals surface area contributed by atoms with Gasteiger partial charge in [-0.3, -0.25) is 19.3 Å². The first-order chi connectivity index (χ1) is 24.7. The summed E-state index contributed by atoms with van der Waals surface area (Å²) in [4.78, 5) is 9.04. The van der Waals surface area contributed by atoms with Crippen molar-refractivity contribution in [2.75, 3.05) is 28.7 Å². The van der Waals surface area contributed by atoms with Gasteiger partial charge in [0.15, 0.2) is 0 Å². The number of fused-ring (bicyclic) bond motifs is 2. The number of pyridine rings is 2. The van der Waals surface area contributed by atoms with Crippen LogP contribution in [0, 0.1) is 0 Å². The Balaban J connectivity index is 0.000000159. The maximum absolute atomic E-state index is 6.62. The summed E-state index contributed by atoms with van der Waals surface area (Å²) in [5, 5.41) is 18.4. The highest BCUT2D eigenvalue weighted by Crippen LogP contribution is 2.49. The lowest BCUT2D eigenvalue weighted by molar-refractivity contribution is 0.757. The Morgan fingerprint density at radius 1 is 0.725 bits per heavy atom. The van der Waals surface area contributed by atoms with E-state index in [9.17, 15) is 0 Å². The summed E-state index contributed by atoms with van der Waals surface area (Å²) in [6, 6.07) is 24.3. The largest absolute Gasteiger partial charge is 0.369 e. The Morgan fingerprint density at radius 3 is 1.78 bits per heavy atom. The number of halogens is 4. The molecule has 4 aromatic heterocycles. The second-order valence-corrected chi connectivity index (χ2v) is 17.2. The van der Waals surface area contributed by atoms with Crippen molar-refractivity contribution in [3.8, 4) is 22.8 Å². The van der Waals surface area contributed by atoms with E-state index in [1.807, 2.05) is 108 Å². The molecule has 0 spiro atoms. The van der Waals surface area contributed by atoms with Gasteiger partial charge >= 0.3 is 0 Å². The summed E-state index contributed by atoms with van der Waals surface area (Å²) in [6.07, 6.45) is 3.60. The lowest BCUT2D eigenvalue weighted by Gasteiger charge is -2.18. The van der Waals surface area contributed by atoms with Crippen LogP contribution in [0.2, 0.25) is 10.0 Å². The van der Waals surface area contributed by atoms with Gasteiger partial charge in [-0.2, -0.15) is 10.2 Å². The molecule has 0 saturated carbocycles. The summed E-state index contributed by atoms with van der Waals surface area (Å²) in [5.74, 6) is 4.04. The molecule has 8 rings (SSSR count). The van der Waals surface area contributed by atoms with E-state index >= 15 is 0 Å². The van der Waals surface area contributed by atoms with Crippen molar-refractivity contribution < 1.29 is 0 Å². The van der Waals surface area contributed by atoms with Gasteiger partial charge in [-0.15, -0.1) is 23.5 Å². The van der Waals surface area contributed by atoms with Crippen LogP contribution in [0.1, 0.15) is 39.7 Å². The van der Waals surface area contributed by atoms with Crippen molar-refractivity contribution in [1.82, 2.24) is 29.5 Å². The number of hydrogen-bond acceptors (Lipinski definition) is 8. The highest BCUT2D eigenvalue weighted by Gasteiger charge is 2.33. The molecule has 0 fully saturated rings. The van der Waals surface area contributed by atoms with E-state index in [2.05, 4.69) is 71.5 Å². The molecule has 6 aromatic rings. The standard InChI is InChI=1S/C19H18BrClN4S.C18H16BrClN4S/c1-11-10-26-18(13-7-6-12(20)9-14(13)21)16-17(15-5-3-4-8-22-15)24-25(2)19(16)23-11;1-24-18-15(16(23-24)14-4-2-3-7-21-14)17(25-9-8-22-18)12-6-5-11(19)10-13(12)20/h3-9,11,18,23H,10H2,1-2H3;2-7,10,17,22H,8-9H2,1H3. The Kier molecular flexibility index (Phi) is 11.4. The van der Waals surface area contributed by atoms with Gasteiger partial charge in [-0.1, -0.05) is 79.3 Å². The van der Waals surface area contributed by atoms with Crippen LogP contribution in [-0.4, -0.2) is 53.6 Å². The van der Waals surface area contributed by atoms with E-state index in [1.165, 1.54) is 0 Å². The predicted octanol–water partition coefficient (Wildman–Crippen LogP) is 10.7. The molecule has 0 bridgehead atoms. The molecular formula is C37H34Br2Cl2N8S2. The Hall–Kier alpha value is -3.00. The molecule has 2 N–H and O–H groups in total. The minimum absolute atomic E-state index is 0.0914. The normalized spacial score (nSPS) is 18.2. The number of nitrogens with zero attached hydrogens (tertiary/aromatic N) is 6. The molecule has 2 aliphatic rings. The quantitative estimate of drug-likeness (QED) is 0.181. The minimum Gasteiger partial charge on any atom is -0.369 e.